The lowest BCUT2D eigenvalue weighted by Crippen LogP contribution is -2.38. The summed E-state index contributed by atoms with van der Waals surface area (Å²) in [6.07, 6.45) is 3.95. The van der Waals surface area contributed by atoms with E-state index in [1.807, 2.05) is 4.90 Å². The number of carbonyl (C=O) groups excluding carboxylic acids is 1. The Bertz CT molecular complexity index is 384. The molecule has 0 unspecified atom stereocenters. The zero-order chi connectivity index (χ0) is 11.7. The first-order valence-corrected chi connectivity index (χ1v) is 7.20. The second-order valence-electron chi connectivity index (χ2n) is 4.71. The summed E-state index contributed by atoms with van der Waals surface area (Å²) in [6, 6.07) is 4.50. The summed E-state index contributed by atoms with van der Waals surface area (Å²) >= 11 is 1.75. The summed E-state index contributed by atoms with van der Waals surface area (Å²) in [5.41, 5.74) is 0. The third kappa shape index (κ3) is 2.11. The van der Waals surface area contributed by atoms with Gasteiger partial charge in [0.2, 0.25) is 0 Å². The second kappa shape index (κ2) is 4.78. The largest absolute Gasteiger partial charge is 0.368 e. The van der Waals surface area contributed by atoms with Gasteiger partial charge >= 0.3 is 0 Å². The first-order chi connectivity index (χ1) is 8.36. The van der Waals surface area contributed by atoms with Gasteiger partial charge in [0, 0.05) is 18.0 Å². The maximum Gasteiger partial charge on any atom is 0.252 e. The van der Waals surface area contributed by atoms with Crippen LogP contribution in [0.3, 0.4) is 0 Å². The Morgan fingerprint density at radius 3 is 3.06 bits per heavy atom. The third-order valence-electron chi connectivity index (χ3n) is 3.61. The van der Waals surface area contributed by atoms with E-state index >= 15 is 0 Å². The molecule has 0 spiro atoms. The van der Waals surface area contributed by atoms with Crippen LogP contribution in [-0.4, -0.2) is 30.1 Å². The van der Waals surface area contributed by atoms with E-state index in [0.29, 0.717) is 6.04 Å². The molecule has 0 aromatic carbocycles. The number of nitrogens with zero attached hydrogens (tertiary/aromatic N) is 1. The highest BCUT2D eigenvalue weighted by molar-refractivity contribution is 7.10. The molecule has 2 saturated heterocycles. The Morgan fingerprint density at radius 2 is 2.35 bits per heavy atom. The molecule has 0 N–H and O–H groups in total. The normalized spacial score (nSPS) is 28.8. The van der Waals surface area contributed by atoms with Gasteiger partial charge in [-0.1, -0.05) is 6.07 Å². The molecule has 1 aromatic heterocycles. The first-order valence-electron chi connectivity index (χ1n) is 6.32. The zero-order valence-corrected chi connectivity index (χ0v) is 10.6. The Kier molecular flexibility index (Phi) is 3.16. The van der Waals surface area contributed by atoms with Crippen LogP contribution < -0.4 is 0 Å². The average molecular weight is 251 g/mol. The van der Waals surface area contributed by atoms with E-state index in [0.717, 1.165) is 38.8 Å². The lowest BCUT2D eigenvalue weighted by atomic mass is 10.1. The fraction of sp³-hybridized carbons (Fsp3) is 0.615. The summed E-state index contributed by atoms with van der Waals surface area (Å²) in [5, 5.41) is 2.09. The molecule has 3 nitrogen and oxygen atoms in total. The van der Waals surface area contributed by atoms with Gasteiger partial charge in [-0.15, -0.1) is 11.3 Å². The number of amides is 1. The SMILES string of the molecule is O=C([C@H]1CCCO1)N1CCC[C@H]1c1cccs1. The van der Waals surface area contributed by atoms with Crippen LogP contribution in [0.25, 0.3) is 0 Å². The van der Waals surface area contributed by atoms with E-state index in [-0.39, 0.29) is 12.0 Å². The highest BCUT2D eigenvalue weighted by Crippen LogP contribution is 2.35. The number of carbonyl (C=O) groups is 1. The molecular weight excluding hydrogens is 234 g/mol. The van der Waals surface area contributed by atoms with Crippen LogP contribution >= 0.6 is 11.3 Å². The molecule has 0 bridgehead atoms. The molecule has 3 rings (SSSR count). The van der Waals surface area contributed by atoms with E-state index in [1.54, 1.807) is 11.3 Å². The quantitative estimate of drug-likeness (QED) is 0.808. The number of ether oxygens (including phenoxy) is 1. The van der Waals surface area contributed by atoms with Gasteiger partial charge in [0.25, 0.3) is 5.91 Å². The summed E-state index contributed by atoms with van der Waals surface area (Å²) in [6.45, 7) is 1.63. The van der Waals surface area contributed by atoms with E-state index in [2.05, 4.69) is 17.5 Å². The highest BCUT2D eigenvalue weighted by atomic mass is 32.1. The maximum absolute atomic E-state index is 12.4. The molecule has 2 aliphatic heterocycles. The molecule has 1 amide bonds. The number of likely N-dealkylation sites (tertiary alicyclic amines) is 1. The van der Waals surface area contributed by atoms with Gasteiger partial charge in [0.15, 0.2) is 0 Å². The van der Waals surface area contributed by atoms with Crippen LogP contribution in [0.15, 0.2) is 17.5 Å². The van der Waals surface area contributed by atoms with E-state index in [4.69, 9.17) is 4.74 Å². The van der Waals surface area contributed by atoms with Crippen molar-refractivity contribution in [2.45, 2.75) is 37.8 Å². The fourth-order valence-corrected chi connectivity index (χ4v) is 3.64. The van der Waals surface area contributed by atoms with Crippen molar-refractivity contribution in [1.29, 1.82) is 0 Å². The molecule has 0 saturated carbocycles. The van der Waals surface area contributed by atoms with Gasteiger partial charge < -0.3 is 9.64 Å². The van der Waals surface area contributed by atoms with Gasteiger partial charge in [-0.3, -0.25) is 4.79 Å². The van der Waals surface area contributed by atoms with E-state index < -0.39 is 0 Å². The van der Waals surface area contributed by atoms with Crippen molar-refractivity contribution in [3.63, 3.8) is 0 Å². The minimum absolute atomic E-state index is 0.171. The van der Waals surface area contributed by atoms with Crippen LogP contribution in [0.1, 0.15) is 36.6 Å². The Hall–Kier alpha value is -0.870. The van der Waals surface area contributed by atoms with E-state index in [9.17, 15) is 4.79 Å². The summed E-state index contributed by atoms with van der Waals surface area (Å²) in [4.78, 5) is 15.7. The molecule has 92 valence electrons. The van der Waals surface area contributed by atoms with Crippen molar-refractivity contribution in [2.24, 2.45) is 0 Å². The Labute approximate surface area is 105 Å². The van der Waals surface area contributed by atoms with Crippen molar-refractivity contribution in [3.8, 4) is 0 Å². The molecule has 1 aromatic rings. The summed E-state index contributed by atoms with van der Waals surface area (Å²) < 4.78 is 5.51. The predicted molar refractivity (Wildman–Crippen MR) is 67.0 cm³/mol. The topological polar surface area (TPSA) is 29.5 Å². The maximum atomic E-state index is 12.4. The fourth-order valence-electron chi connectivity index (χ4n) is 2.76. The highest BCUT2D eigenvalue weighted by Gasteiger charge is 2.35. The number of thiophene rings is 1. The zero-order valence-electron chi connectivity index (χ0n) is 9.80. The van der Waals surface area contributed by atoms with Crippen molar-refractivity contribution >= 4 is 17.2 Å². The van der Waals surface area contributed by atoms with Crippen LogP contribution in [0.5, 0.6) is 0 Å². The number of rotatable bonds is 2. The van der Waals surface area contributed by atoms with Crippen molar-refractivity contribution in [1.82, 2.24) is 4.90 Å². The Morgan fingerprint density at radius 1 is 1.41 bits per heavy atom. The van der Waals surface area contributed by atoms with Gasteiger partial charge in [-0.05, 0) is 37.1 Å². The van der Waals surface area contributed by atoms with Crippen molar-refractivity contribution < 1.29 is 9.53 Å². The van der Waals surface area contributed by atoms with Gasteiger partial charge in [-0.2, -0.15) is 0 Å². The lowest BCUT2D eigenvalue weighted by Gasteiger charge is -2.26. The smallest absolute Gasteiger partial charge is 0.252 e. The minimum Gasteiger partial charge on any atom is -0.368 e. The minimum atomic E-state index is -0.171. The lowest BCUT2D eigenvalue weighted by molar-refractivity contribution is -0.141. The van der Waals surface area contributed by atoms with Crippen LogP contribution in [-0.2, 0) is 9.53 Å². The van der Waals surface area contributed by atoms with Gasteiger partial charge in [-0.25, -0.2) is 0 Å². The molecule has 2 fully saturated rings. The third-order valence-corrected chi connectivity index (χ3v) is 4.59. The molecule has 4 heteroatoms. The summed E-state index contributed by atoms with van der Waals surface area (Å²) in [7, 11) is 0. The number of hydrogen-bond donors (Lipinski definition) is 0. The predicted octanol–water partition coefficient (Wildman–Crippen LogP) is 2.59. The first kappa shape index (κ1) is 11.2. The number of hydrogen-bond acceptors (Lipinski definition) is 3. The van der Waals surface area contributed by atoms with E-state index in [1.165, 1.54) is 4.88 Å². The summed E-state index contributed by atoms with van der Waals surface area (Å²) in [5.74, 6) is 0.207. The second-order valence-corrected chi connectivity index (χ2v) is 5.69. The van der Waals surface area contributed by atoms with Crippen molar-refractivity contribution in [3.05, 3.63) is 22.4 Å². The molecule has 2 atom stereocenters. The molecule has 0 radical (unpaired) electrons. The molecule has 0 aliphatic carbocycles. The molecule has 3 heterocycles. The Balaban J connectivity index is 1.75. The molecular formula is C13H17NO2S. The van der Waals surface area contributed by atoms with Crippen LogP contribution in [0, 0.1) is 0 Å². The molecule has 17 heavy (non-hydrogen) atoms. The van der Waals surface area contributed by atoms with Gasteiger partial charge in [0.05, 0.1) is 6.04 Å². The monoisotopic (exact) mass is 251 g/mol. The standard InChI is InChI=1S/C13H17NO2S/c15-13(11-5-2-8-16-11)14-7-1-4-10(14)12-6-3-9-17-12/h3,6,9-11H,1-2,4-5,7-8H2/t10-,11+/m0/s1. The van der Waals surface area contributed by atoms with Crippen molar-refractivity contribution in [2.75, 3.05) is 13.2 Å². The van der Waals surface area contributed by atoms with Gasteiger partial charge in [0.1, 0.15) is 6.10 Å². The van der Waals surface area contributed by atoms with Crippen LogP contribution in [0.4, 0.5) is 0 Å². The van der Waals surface area contributed by atoms with Crippen LogP contribution in [0.2, 0.25) is 0 Å². The average Bonchev–Trinajstić information content (AvgIpc) is 3.09. The molecule has 2 aliphatic rings.